The van der Waals surface area contributed by atoms with Crippen LogP contribution in [0.3, 0.4) is 0 Å². The number of Topliss-reactive ketones (excluding diaryl/α,β-unsaturated/α-hetero) is 2. The van der Waals surface area contributed by atoms with Crippen LogP contribution in [-0.4, -0.2) is 35.2 Å². The molecule has 35 heavy (non-hydrogen) atoms. The van der Waals surface area contributed by atoms with Crippen LogP contribution in [0.25, 0.3) is 5.70 Å². The Balaban J connectivity index is 1.87. The molecule has 0 aromatic heterocycles. The van der Waals surface area contributed by atoms with E-state index in [1.54, 1.807) is 43.0 Å². The van der Waals surface area contributed by atoms with Gasteiger partial charge in [-0.25, -0.2) is 0 Å². The number of benzene rings is 2. The lowest BCUT2D eigenvalue weighted by Crippen LogP contribution is -2.51. The van der Waals surface area contributed by atoms with Gasteiger partial charge in [0.25, 0.3) is 0 Å². The van der Waals surface area contributed by atoms with Gasteiger partial charge in [0, 0.05) is 54.1 Å². The summed E-state index contributed by atoms with van der Waals surface area (Å²) in [5.41, 5.74) is 3.78. The Hall–Kier alpha value is -4.12. The number of nitrogens with zero attached hydrogens (tertiary/aromatic N) is 2. The van der Waals surface area contributed by atoms with Gasteiger partial charge >= 0.3 is 0 Å². The number of amides is 1. The van der Waals surface area contributed by atoms with Gasteiger partial charge in [-0.2, -0.15) is 5.26 Å². The average molecular weight is 475 g/mol. The lowest BCUT2D eigenvalue weighted by Gasteiger charge is -2.38. The molecule has 1 amide bonds. The summed E-state index contributed by atoms with van der Waals surface area (Å²) in [7, 11) is 0. The summed E-state index contributed by atoms with van der Waals surface area (Å²) in [5, 5.41) is 25.9. The van der Waals surface area contributed by atoms with Gasteiger partial charge in [-0.15, -0.1) is 0 Å². The van der Waals surface area contributed by atoms with Crippen LogP contribution in [0.4, 0.5) is 17.1 Å². The monoisotopic (exact) mass is 474 g/mol. The highest BCUT2D eigenvalue weighted by Crippen LogP contribution is 2.34. The van der Waals surface area contributed by atoms with E-state index in [4.69, 9.17) is 0 Å². The molecule has 2 atom stereocenters. The number of phenols is 1. The maximum absolute atomic E-state index is 12.6. The molecule has 3 N–H and O–H groups in total. The predicted molar refractivity (Wildman–Crippen MR) is 136 cm³/mol. The third-order valence-corrected chi connectivity index (χ3v) is 6.17. The molecule has 2 unspecified atom stereocenters. The van der Waals surface area contributed by atoms with Crippen molar-refractivity contribution in [3.05, 3.63) is 54.1 Å². The van der Waals surface area contributed by atoms with Crippen LogP contribution in [0, 0.1) is 24.2 Å². The standard InChI is InChI=1S/C27H30N4O4/c1-5-24(32)23-13-26(34)18(14-28)15-31(23)20-8-10-25(33)21(12-20)17(4)29-19-7-9-22(16(3)11-19)30-27(35)6-2/h7-12,18,23,29,33H,4-6,13,15H2,1-3H3,(H,30,35). The van der Waals surface area contributed by atoms with E-state index in [9.17, 15) is 24.8 Å². The van der Waals surface area contributed by atoms with Gasteiger partial charge in [0.1, 0.15) is 11.7 Å². The van der Waals surface area contributed by atoms with Crippen molar-refractivity contribution >= 4 is 40.2 Å². The van der Waals surface area contributed by atoms with Gasteiger partial charge in [0.15, 0.2) is 11.6 Å². The summed E-state index contributed by atoms with van der Waals surface area (Å²) in [6, 6.07) is 11.7. The minimum absolute atomic E-state index is 0.00177. The fourth-order valence-corrected chi connectivity index (χ4v) is 4.10. The normalized spacial score (nSPS) is 17.4. The number of ketones is 2. The third-order valence-electron chi connectivity index (χ3n) is 6.17. The second-order valence-corrected chi connectivity index (χ2v) is 8.58. The Kier molecular flexibility index (Phi) is 7.92. The number of piperidine rings is 1. The molecule has 1 fully saturated rings. The van der Waals surface area contributed by atoms with Crippen LogP contribution < -0.4 is 15.5 Å². The van der Waals surface area contributed by atoms with Crippen LogP contribution in [0.2, 0.25) is 0 Å². The first-order valence-electron chi connectivity index (χ1n) is 11.6. The molecular formula is C27H30N4O4. The molecule has 2 aromatic rings. The first-order chi connectivity index (χ1) is 16.7. The van der Waals surface area contributed by atoms with Crippen LogP contribution in [0.1, 0.15) is 44.2 Å². The Morgan fingerprint density at radius 1 is 1.17 bits per heavy atom. The van der Waals surface area contributed by atoms with E-state index in [2.05, 4.69) is 17.2 Å². The van der Waals surface area contributed by atoms with Crippen molar-refractivity contribution in [2.75, 3.05) is 22.1 Å². The smallest absolute Gasteiger partial charge is 0.224 e. The van der Waals surface area contributed by atoms with E-state index in [1.165, 1.54) is 6.07 Å². The second kappa shape index (κ2) is 10.9. The van der Waals surface area contributed by atoms with Crippen molar-refractivity contribution in [2.24, 2.45) is 5.92 Å². The maximum atomic E-state index is 12.6. The fraction of sp³-hybridized carbons (Fsp3) is 0.333. The van der Waals surface area contributed by atoms with Gasteiger partial charge in [-0.1, -0.05) is 20.4 Å². The SMILES string of the molecule is C=C(Nc1ccc(NC(=O)CC)c(C)c1)c1cc(N2CC(C#N)C(=O)CC2C(=O)CC)ccc1O. The Morgan fingerprint density at radius 3 is 2.54 bits per heavy atom. The molecule has 1 saturated heterocycles. The number of hydrogen-bond donors (Lipinski definition) is 3. The maximum Gasteiger partial charge on any atom is 0.224 e. The van der Waals surface area contributed by atoms with E-state index in [-0.39, 0.29) is 42.6 Å². The molecule has 2 aromatic carbocycles. The number of nitrogens with one attached hydrogen (secondary N) is 2. The topological polar surface area (TPSA) is 123 Å². The van der Waals surface area contributed by atoms with Crippen LogP contribution in [0.5, 0.6) is 5.75 Å². The van der Waals surface area contributed by atoms with Crippen molar-refractivity contribution in [3.63, 3.8) is 0 Å². The third kappa shape index (κ3) is 5.69. The first-order valence-corrected chi connectivity index (χ1v) is 11.6. The molecule has 1 aliphatic rings. The molecule has 182 valence electrons. The van der Waals surface area contributed by atoms with Crippen LogP contribution >= 0.6 is 0 Å². The number of anilines is 3. The molecule has 3 rings (SSSR count). The lowest BCUT2D eigenvalue weighted by molar-refractivity contribution is -0.128. The number of carbonyl (C=O) groups is 3. The summed E-state index contributed by atoms with van der Waals surface area (Å²) in [6.45, 7) is 9.59. The van der Waals surface area contributed by atoms with E-state index in [1.807, 2.05) is 19.1 Å². The van der Waals surface area contributed by atoms with Gasteiger partial charge < -0.3 is 20.6 Å². The van der Waals surface area contributed by atoms with Crippen molar-refractivity contribution in [3.8, 4) is 11.8 Å². The summed E-state index contributed by atoms with van der Waals surface area (Å²) < 4.78 is 0. The Morgan fingerprint density at radius 2 is 1.91 bits per heavy atom. The second-order valence-electron chi connectivity index (χ2n) is 8.58. The molecule has 8 nitrogen and oxygen atoms in total. The minimum Gasteiger partial charge on any atom is -0.507 e. The van der Waals surface area contributed by atoms with Crippen molar-refractivity contribution < 1.29 is 19.5 Å². The molecule has 1 heterocycles. The summed E-state index contributed by atoms with van der Waals surface area (Å²) >= 11 is 0. The highest BCUT2D eigenvalue weighted by molar-refractivity contribution is 5.97. The lowest BCUT2D eigenvalue weighted by atomic mass is 9.89. The van der Waals surface area contributed by atoms with E-state index >= 15 is 0 Å². The molecule has 1 aliphatic heterocycles. The molecule has 0 aliphatic carbocycles. The number of rotatable bonds is 8. The highest BCUT2D eigenvalue weighted by Gasteiger charge is 2.37. The number of nitriles is 1. The van der Waals surface area contributed by atoms with Crippen molar-refractivity contribution in [1.82, 2.24) is 0 Å². The number of hydrogen-bond acceptors (Lipinski definition) is 7. The van der Waals surface area contributed by atoms with Gasteiger partial charge in [-0.05, 0) is 48.9 Å². The molecule has 8 heteroatoms. The van der Waals surface area contributed by atoms with E-state index in [0.717, 1.165) is 16.9 Å². The fourth-order valence-electron chi connectivity index (χ4n) is 4.10. The molecule has 0 saturated carbocycles. The minimum atomic E-state index is -0.816. The van der Waals surface area contributed by atoms with E-state index < -0.39 is 12.0 Å². The molecule has 0 bridgehead atoms. The van der Waals surface area contributed by atoms with Crippen molar-refractivity contribution in [2.45, 2.75) is 46.1 Å². The van der Waals surface area contributed by atoms with Gasteiger partial charge in [0.05, 0.1) is 12.1 Å². The zero-order valence-electron chi connectivity index (χ0n) is 20.2. The Bertz CT molecular complexity index is 1210. The molecular weight excluding hydrogens is 444 g/mol. The van der Waals surface area contributed by atoms with Gasteiger partial charge in [0.2, 0.25) is 5.91 Å². The number of aryl methyl sites for hydroxylation is 1. The predicted octanol–water partition coefficient (Wildman–Crippen LogP) is 4.40. The summed E-state index contributed by atoms with van der Waals surface area (Å²) in [4.78, 5) is 38.3. The zero-order chi connectivity index (χ0) is 25.7. The summed E-state index contributed by atoms with van der Waals surface area (Å²) in [6.07, 6.45) is 0.649. The highest BCUT2D eigenvalue weighted by atomic mass is 16.3. The van der Waals surface area contributed by atoms with Crippen LogP contribution in [-0.2, 0) is 14.4 Å². The first kappa shape index (κ1) is 25.5. The number of carbonyl (C=O) groups excluding carboxylic acids is 3. The zero-order valence-corrected chi connectivity index (χ0v) is 20.2. The quantitative estimate of drug-likeness (QED) is 0.518. The summed E-state index contributed by atoms with van der Waals surface area (Å²) in [5.74, 6) is -1.19. The van der Waals surface area contributed by atoms with Crippen molar-refractivity contribution in [1.29, 1.82) is 5.26 Å². The van der Waals surface area contributed by atoms with Crippen LogP contribution in [0.15, 0.2) is 43.0 Å². The molecule has 0 spiro atoms. The number of aromatic hydroxyl groups is 1. The molecule has 0 radical (unpaired) electrons. The van der Waals surface area contributed by atoms with E-state index in [0.29, 0.717) is 23.4 Å². The average Bonchev–Trinajstić information content (AvgIpc) is 2.85. The largest absolute Gasteiger partial charge is 0.507 e. The Labute approximate surface area is 205 Å². The van der Waals surface area contributed by atoms with Gasteiger partial charge in [-0.3, -0.25) is 14.4 Å². The number of phenolic OH excluding ortho intramolecular Hbond substituents is 1.